The highest BCUT2D eigenvalue weighted by Gasteiger charge is 2.33. The van der Waals surface area contributed by atoms with Crippen molar-refractivity contribution < 1.29 is 47.7 Å². The second kappa shape index (κ2) is 20.1. The van der Waals surface area contributed by atoms with Crippen molar-refractivity contribution in [2.75, 3.05) is 19.8 Å². The number of ether oxygens (including phenoxy) is 3. The number of phosphoric acid groups is 1. The first-order valence-electron chi connectivity index (χ1n) is 18.8. The lowest BCUT2D eigenvalue weighted by Gasteiger charge is -2.26. The zero-order valence-electron chi connectivity index (χ0n) is 33.7. The van der Waals surface area contributed by atoms with E-state index in [1.807, 2.05) is 138 Å². The average Bonchev–Trinajstić information content (AvgIpc) is 3.08. The molecule has 0 amide bonds. The highest BCUT2D eigenvalue weighted by molar-refractivity contribution is 7.48. The van der Waals surface area contributed by atoms with Crippen LogP contribution in [0.15, 0.2) is 54.6 Å². The van der Waals surface area contributed by atoms with Gasteiger partial charge in [-0.1, -0.05) is 138 Å². The van der Waals surface area contributed by atoms with Gasteiger partial charge >= 0.3 is 7.82 Å². The van der Waals surface area contributed by atoms with Crippen LogP contribution in [0.1, 0.15) is 152 Å². The Bertz CT molecular complexity index is 1370. The molecule has 0 heterocycles. The predicted octanol–water partition coefficient (Wildman–Crippen LogP) is 10.1. The Morgan fingerprint density at radius 3 is 0.774 bits per heavy atom. The van der Waals surface area contributed by atoms with E-state index in [0.29, 0.717) is 17.2 Å². The zero-order chi connectivity index (χ0) is 39.6. The van der Waals surface area contributed by atoms with Crippen molar-refractivity contribution in [2.24, 2.45) is 0 Å². The molecular formula is C42H63O10P. The van der Waals surface area contributed by atoms with Crippen molar-refractivity contribution >= 4 is 7.82 Å². The summed E-state index contributed by atoms with van der Waals surface area (Å²) in [5, 5.41) is 33.1. The van der Waals surface area contributed by atoms with Gasteiger partial charge in [0.05, 0.1) is 0 Å². The molecular weight excluding hydrogens is 695 g/mol. The van der Waals surface area contributed by atoms with Crippen LogP contribution in [0.4, 0.5) is 0 Å². The molecule has 0 radical (unpaired) electrons. The maximum Gasteiger partial charge on any atom is 0.475 e. The molecule has 3 rings (SSSR count). The van der Waals surface area contributed by atoms with Crippen molar-refractivity contribution in [1.82, 2.24) is 0 Å². The molecule has 10 nitrogen and oxygen atoms in total. The fourth-order valence-electron chi connectivity index (χ4n) is 5.94. The molecule has 0 fully saturated rings. The van der Waals surface area contributed by atoms with Crippen LogP contribution in [-0.4, -0.2) is 54.0 Å². The monoisotopic (exact) mass is 758 g/mol. The molecule has 53 heavy (non-hydrogen) atoms. The third kappa shape index (κ3) is 12.5. The van der Waals surface area contributed by atoms with Gasteiger partial charge in [0.25, 0.3) is 0 Å². The minimum Gasteiger partial charge on any atom is -0.462 e. The van der Waals surface area contributed by atoms with Crippen LogP contribution in [0, 0.1) is 0 Å². The van der Waals surface area contributed by atoms with Crippen LogP contribution >= 0.6 is 7.82 Å². The molecule has 0 saturated carbocycles. The van der Waals surface area contributed by atoms with Gasteiger partial charge in [-0.25, -0.2) is 4.57 Å². The first-order chi connectivity index (χ1) is 24.8. The lowest BCUT2D eigenvalue weighted by Crippen LogP contribution is -2.28. The van der Waals surface area contributed by atoms with Crippen molar-refractivity contribution in [3.05, 3.63) is 88.0 Å². The standard InChI is InChI=1S/C42H63O10P/c1-25(2)31-16-13-17-32(26(3)4)40(31)50-37(43)22-47-53(46,48-23-38(44)51-41-33(27(5)6)18-14-19-34(41)28(7)8)49-24-39(45)52-42-35(29(9)10)20-15-21-36(42)30(11)12/h13-21,25-30,37-39,43-45H,22-24H2,1-12H3. The van der Waals surface area contributed by atoms with E-state index in [2.05, 4.69) is 0 Å². The summed E-state index contributed by atoms with van der Waals surface area (Å²) in [6.45, 7) is 22.5. The first-order valence-corrected chi connectivity index (χ1v) is 20.3. The van der Waals surface area contributed by atoms with Gasteiger partial charge in [0.2, 0.25) is 18.9 Å². The lowest BCUT2D eigenvalue weighted by molar-refractivity contribution is -0.0875. The average molecular weight is 759 g/mol. The molecule has 3 unspecified atom stereocenters. The summed E-state index contributed by atoms with van der Waals surface area (Å²) in [6.07, 6.45) is -4.69. The molecule has 3 atom stereocenters. The Hall–Kier alpha value is -2.95. The lowest BCUT2D eigenvalue weighted by atomic mass is 9.94. The maximum absolute atomic E-state index is 14.2. The summed E-state index contributed by atoms with van der Waals surface area (Å²) in [6, 6.07) is 17.5. The van der Waals surface area contributed by atoms with Gasteiger partial charge in [0.1, 0.15) is 37.1 Å². The SMILES string of the molecule is CC(C)c1cccc(C(C)C)c1OC(O)COP(=O)(OCC(O)Oc1c(C(C)C)cccc1C(C)C)OCC(O)Oc1c(C(C)C)cccc1C(C)C. The highest BCUT2D eigenvalue weighted by Crippen LogP contribution is 2.50. The molecule has 3 aromatic carbocycles. The van der Waals surface area contributed by atoms with E-state index in [1.165, 1.54) is 0 Å². The van der Waals surface area contributed by atoms with Gasteiger partial charge in [0.15, 0.2) is 0 Å². The van der Waals surface area contributed by atoms with Crippen LogP contribution < -0.4 is 14.2 Å². The fraction of sp³-hybridized carbons (Fsp3) is 0.571. The summed E-state index contributed by atoms with van der Waals surface area (Å²) in [5.41, 5.74) is 5.40. The molecule has 0 aliphatic rings. The van der Waals surface area contributed by atoms with Gasteiger partial charge in [-0.15, -0.1) is 0 Å². The zero-order valence-corrected chi connectivity index (χ0v) is 34.6. The number of benzene rings is 3. The Morgan fingerprint density at radius 1 is 0.415 bits per heavy atom. The van der Waals surface area contributed by atoms with E-state index in [-0.39, 0.29) is 35.5 Å². The fourth-order valence-corrected chi connectivity index (χ4v) is 7.10. The Balaban J connectivity index is 1.85. The molecule has 3 N–H and O–H groups in total. The molecule has 3 aromatic rings. The van der Waals surface area contributed by atoms with Crippen LogP contribution in [-0.2, 0) is 18.1 Å². The largest absolute Gasteiger partial charge is 0.475 e. The second-order valence-corrected chi connectivity index (χ2v) is 16.9. The van der Waals surface area contributed by atoms with Gasteiger partial charge in [-0.3, -0.25) is 13.6 Å². The van der Waals surface area contributed by atoms with Crippen molar-refractivity contribution in [2.45, 2.75) is 137 Å². The second-order valence-electron chi connectivity index (χ2n) is 15.3. The molecule has 0 saturated heterocycles. The van der Waals surface area contributed by atoms with E-state index >= 15 is 0 Å². The van der Waals surface area contributed by atoms with Crippen LogP contribution in [0.3, 0.4) is 0 Å². The normalized spacial score (nSPS) is 15.0. The van der Waals surface area contributed by atoms with Gasteiger partial charge in [-0.05, 0) is 68.9 Å². The van der Waals surface area contributed by atoms with Crippen LogP contribution in [0.5, 0.6) is 17.2 Å². The van der Waals surface area contributed by atoms with E-state index in [9.17, 15) is 19.9 Å². The van der Waals surface area contributed by atoms with Crippen molar-refractivity contribution in [3.63, 3.8) is 0 Å². The Kier molecular flexibility index (Phi) is 16.9. The smallest absolute Gasteiger partial charge is 0.462 e. The third-order valence-electron chi connectivity index (χ3n) is 8.85. The van der Waals surface area contributed by atoms with Gasteiger partial charge < -0.3 is 29.5 Å². The maximum atomic E-state index is 14.2. The topological polar surface area (TPSA) is 133 Å². The Morgan fingerprint density at radius 2 is 0.604 bits per heavy atom. The molecule has 0 aromatic heterocycles. The van der Waals surface area contributed by atoms with Crippen LogP contribution in [0.2, 0.25) is 0 Å². The molecule has 11 heteroatoms. The minimum absolute atomic E-state index is 0.103. The van der Waals surface area contributed by atoms with E-state index in [4.69, 9.17) is 27.8 Å². The highest BCUT2D eigenvalue weighted by atomic mass is 31.2. The molecule has 0 aliphatic heterocycles. The predicted molar refractivity (Wildman–Crippen MR) is 209 cm³/mol. The summed E-state index contributed by atoms with van der Waals surface area (Å²) < 4.78 is 49.0. The number of phosphoric ester groups is 1. The minimum atomic E-state index is -4.60. The number of aliphatic hydroxyl groups excluding tert-OH is 3. The molecule has 0 bridgehead atoms. The van der Waals surface area contributed by atoms with Crippen molar-refractivity contribution in [1.29, 1.82) is 0 Å². The van der Waals surface area contributed by atoms with E-state index in [0.717, 1.165) is 33.4 Å². The van der Waals surface area contributed by atoms with Gasteiger partial charge in [0, 0.05) is 0 Å². The van der Waals surface area contributed by atoms with Crippen LogP contribution in [0.25, 0.3) is 0 Å². The molecule has 0 aliphatic carbocycles. The Labute approximate surface area is 317 Å². The summed E-state index contributed by atoms with van der Waals surface area (Å²) in [5.74, 6) is 2.18. The van der Waals surface area contributed by atoms with E-state index < -0.39 is 46.5 Å². The quantitative estimate of drug-likeness (QED) is 0.0712. The summed E-state index contributed by atoms with van der Waals surface area (Å²) >= 11 is 0. The molecule has 296 valence electrons. The number of para-hydroxylation sites is 3. The summed E-state index contributed by atoms with van der Waals surface area (Å²) in [7, 11) is -4.60. The number of rotatable bonds is 21. The number of aliphatic hydroxyl groups is 3. The van der Waals surface area contributed by atoms with Crippen molar-refractivity contribution in [3.8, 4) is 17.2 Å². The number of hydrogen-bond acceptors (Lipinski definition) is 10. The summed E-state index contributed by atoms with van der Waals surface area (Å²) in [4.78, 5) is 0. The number of hydrogen-bond donors (Lipinski definition) is 3. The molecule has 0 spiro atoms. The first kappa shape index (κ1) is 44.4. The van der Waals surface area contributed by atoms with Gasteiger partial charge in [-0.2, -0.15) is 0 Å². The van der Waals surface area contributed by atoms with E-state index in [1.54, 1.807) is 0 Å². The third-order valence-corrected chi connectivity index (χ3v) is 10.2.